The van der Waals surface area contributed by atoms with Crippen molar-refractivity contribution in [2.75, 3.05) is 18.9 Å². The minimum Gasteiger partial charge on any atom is -0.455 e. The maximum Gasteiger partial charge on any atom is 0.321 e. The summed E-state index contributed by atoms with van der Waals surface area (Å²) in [5.41, 5.74) is 0. The van der Waals surface area contributed by atoms with E-state index in [9.17, 15) is 14.4 Å². The zero-order chi connectivity index (χ0) is 18.9. The predicted molar refractivity (Wildman–Crippen MR) is 102 cm³/mol. The molecule has 0 atom stereocenters. The van der Waals surface area contributed by atoms with E-state index in [0.717, 1.165) is 22.1 Å². The molecule has 0 saturated heterocycles. The van der Waals surface area contributed by atoms with Crippen LogP contribution in [0.5, 0.6) is 0 Å². The van der Waals surface area contributed by atoms with Gasteiger partial charge >= 0.3 is 12.0 Å². The van der Waals surface area contributed by atoms with Crippen molar-refractivity contribution in [3.63, 3.8) is 0 Å². The number of amides is 3. The van der Waals surface area contributed by atoms with Gasteiger partial charge in [0, 0.05) is 21.8 Å². The minimum atomic E-state index is -0.676. The molecule has 2 aromatic carbocycles. The number of halogens is 1. The minimum absolute atomic E-state index is 0.0274. The van der Waals surface area contributed by atoms with E-state index in [2.05, 4.69) is 10.6 Å². The third-order valence-electron chi connectivity index (χ3n) is 3.31. The number of hydrogen-bond donors (Lipinski definition) is 2. The number of imide groups is 1. The topological polar surface area (TPSA) is 84.5 Å². The summed E-state index contributed by atoms with van der Waals surface area (Å²) in [5.74, 6) is -1.20. The number of benzene rings is 2. The molecule has 0 aliphatic carbocycles. The van der Waals surface area contributed by atoms with Crippen LogP contribution in [0, 0.1) is 0 Å². The summed E-state index contributed by atoms with van der Waals surface area (Å²) < 4.78 is 4.89. The number of rotatable bonds is 7. The van der Waals surface area contributed by atoms with Crippen LogP contribution in [0.3, 0.4) is 0 Å². The van der Waals surface area contributed by atoms with Crippen LogP contribution in [0.15, 0.2) is 41.3 Å². The van der Waals surface area contributed by atoms with Gasteiger partial charge in [-0.1, -0.05) is 42.8 Å². The van der Waals surface area contributed by atoms with Crippen molar-refractivity contribution < 1.29 is 19.1 Å². The fourth-order valence-electron chi connectivity index (χ4n) is 2.15. The molecule has 0 saturated carbocycles. The summed E-state index contributed by atoms with van der Waals surface area (Å²) in [7, 11) is 0. The van der Waals surface area contributed by atoms with Crippen molar-refractivity contribution in [1.29, 1.82) is 0 Å². The lowest BCUT2D eigenvalue weighted by molar-refractivity contribution is -0.145. The summed E-state index contributed by atoms with van der Waals surface area (Å²) in [6, 6.07) is 10.7. The van der Waals surface area contributed by atoms with Gasteiger partial charge in [0.2, 0.25) is 0 Å². The number of esters is 1. The summed E-state index contributed by atoms with van der Waals surface area (Å²) in [6.07, 6.45) is 0.756. The largest absolute Gasteiger partial charge is 0.455 e. The Morgan fingerprint density at radius 1 is 1.15 bits per heavy atom. The van der Waals surface area contributed by atoms with Crippen molar-refractivity contribution >= 4 is 52.0 Å². The first-order valence-electron chi connectivity index (χ1n) is 8.04. The van der Waals surface area contributed by atoms with Crippen LogP contribution >= 0.6 is 23.4 Å². The summed E-state index contributed by atoms with van der Waals surface area (Å²) in [4.78, 5) is 35.6. The smallest absolute Gasteiger partial charge is 0.321 e. The lowest BCUT2D eigenvalue weighted by atomic mass is 10.1. The molecule has 0 aliphatic rings. The second kappa shape index (κ2) is 10.0. The number of nitrogens with one attached hydrogen (secondary N) is 2. The maximum absolute atomic E-state index is 11.8. The number of ether oxygens (including phenoxy) is 1. The van der Waals surface area contributed by atoms with Crippen molar-refractivity contribution in [1.82, 2.24) is 10.6 Å². The van der Waals surface area contributed by atoms with Crippen molar-refractivity contribution in [2.24, 2.45) is 0 Å². The van der Waals surface area contributed by atoms with Gasteiger partial charge in [-0.3, -0.25) is 14.9 Å². The number of carbonyl (C=O) groups excluding carboxylic acids is 3. The molecule has 0 spiro atoms. The van der Waals surface area contributed by atoms with E-state index in [0.29, 0.717) is 11.6 Å². The van der Waals surface area contributed by atoms with E-state index >= 15 is 0 Å². The van der Waals surface area contributed by atoms with E-state index in [1.807, 2.05) is 37.3 Å². The lowest BCUT2D eigenvalue weighted by Gasteiger charge is -2.09. The first-order chi connectivity index (χ1) is 12.5. The molecule has 6 nitrogen and oxygen atoms in total. The number of carbonyl (C=O) groups is 3. The molecule has 26 heavy (non-hydrogen) atoms. The molecular weight excluding hydrogens is 376 g/mol. The van der Waals surface area contributed by atoms with Crippen molar-refractivity contribution in [3.05, 3.63) is 41.4 Å². The molecule has 0 fully saturated rings. The quantitative estimate of drug-likeness (QED) is 0.555. The van der Waals surface area contributed by atoms with Crippen LogP contribution in [0.4, 0.5) is 4.79 Å². The second-order valence-electron chi connectivity index (χ2n) is 5.35. The van der Waals surface area contributed by atoms with Crippen LogP contribution in [0.25, 0.3) is 10.8 Å². The fraction of sp³-hybridized carbons (Fsp3) is 0.278. The number of hydrogen-bond acceptors (Lipinski definition) is 5. The van der Waals surface area contributed by atoms with Crippen LogP contribution < -0.4 is 10.6 Å². The first-order valence-corrected chi connectivity index (χ1v) is 9.41. The molecule has 8 heteroatoms. The Kier molecular flexibility index (Phi) is 7.74. The Balaban J connectivity index is 1.82. The second-order valence-corrected chi connectivity index (χ2v) is 6.77. The molecule has 138 valence electrons. The third kappa shape index (κ3) is 5.93. The van der Waals surface area contributed by atoms with E-state index in [-0.39, 0.29) is 5.75 Å². The van der Waals surface area contributed by atoms with Gasteiger partial charge in [-0.15, -0.1) is 11.8 Å². The van der Waals surface area contributed by atoms with Gasteiger partial charge in [0.05, 0.1) is 5.75 Å². The average Bonchev–Trinajstić information content (AvgIpc) is 2.63. The third-order valence-corrected chi connectivity index (χ3v) is 4.66. The summed E-state index contributed by atoms with van der Waals surface area (Å²) in [5, 5.41) is 7.04. The molecule has 0 heterocycles. The summed E-state index contributed by atoms with van der Waals surface area (Å²) >= 11 is 7.52. The Hall–Kier alpha value is -2.25. The molecule has 0 bridgehead atoms. The van der Waals surface area contributed by atoms with Crippen LogP contribution in [-0.4, -0.2) is 36.8 Å². The van der Waals surface area contributed by atoms with Crippen LogP contribution in [0.2, 0.25) is 5.02 Å². The van der Waals surface area contributed by atoms with Gasteiger partial charge in [-0.05, 0) is 23.9 Å². The number of fused-ring (bicyclic) bond motifs is 1. The normalized spacial score (nSPS) is 10.4. The highest BCUT2D eigenvalue weighted by molar-refractivity contribution is 8.00. The first kappa shape index (κ1) is 20.1. The standard InChI is InChI=1S/C18H19ClN2O4S/c1-2-9-20-18(24)21-15(22)10-25-16(23)11-26-14-8-4-6-12-5-3-7-13(19)17(12)14/h3-8H,2,9-11H2,1H3,(H2,20,21,22,24). The monoisotopic (exact) mass is 394 g/mol. The van der Waals surface area contributed by atoms with Gasteiger partial charge in [0.1, 0.15) is 0 Å². The fourth-order valence-corrected chi connectivity index (χ4v) is 3.40. The van der Waals surface area contributed by atoms with Crippen LogP contribution in [-0.2, 0) is 14.3 Å². The van der Waals surface area contributed by atoms with Gasteiger partial charge in [-0.2, -0.15) is 0 Å². The Labute approximate surface area is 160 Å². The number of urea groups is 1. The zero-order valence-corrected chi connectivity index (χ0v) is 15.8. The van der Waals surface area contributed by atoms with Gasteiger partial charge < -0.3 is 10.1 Å². The van der Waals surface area contributed by atoms with Crippen LogP contribution in [0.1, 0.15) is 13.3 Å². The molecule has 2 N–H and O–H groups in total. The Morgan fingerprint density at radius 3 is 2.62 bits per heavy atom. The average molecular weight is 395 g/mol. The van der Waals surface area contributed by atoms with Gasteiger partial charge in [0.25, 0.3) is 5.91 Å². The number of thioether (sulfide) groups is 1. The predicted octanol–water partition coefficient (Wildman–Crippen LogP) is 3.36. The van der Waals surface area contributed by atoms with Gasteiger partial charge in [0.15, 0.2) is 6.61 Å². The molecule has 2 aromatic rings. The van der Waals surface area contributed by atoms with E-state index in [4.69, 9.17) is 16.3 Å². The highest BCUT2D eigenvalue weighted by Crippen LogP contribution is 2.33. The van der Waals surface area contributed by atoms with E-state index in [1.54, 1.807) is 6.07 Å². The van der Waals surface area contributed by atoms with Gasteiger partial charge in [-0.25, -0.2) is 4.79 Å². The zero-order valence-electron chi connectivity index (χ0n) is 14.2. The molecule has 0 radical (unpaired) electrons. The lowest BCUT2D eigenvalue weighted by Crippen LogP contribution is -2.41. The molecule has 0 unspecified atom stereocenters. The van der Waals surface area contributed by atoms with Crippen molar-refractivity contribution in [3.8, 4) is 0 Å². The molecule has 3 amide bonds. The van der Waals surface area contributed by atoms with E-state index < -0.39 is 24.5 Å². The highest BCUT2D eigenvalue weighted by atomic mass is 35.5. The Morgan fingerprint density at radius 2 is 1.88 bits per heavy atom. The summed E-state index contributed by atoms with van der Waals surface area (Å²) in [6.45, 7) is 1.85. The SMILES string of the molecule is CCCNC(=O)NC(=O)COC(=O)CSc1cccc2cccc(Cl)c12. The highest BCUT2D eigenvalue weighted by Gasteiger charge is 2.12. The maximum atomic E-state index is 11.8. The molecular formula is C18H19ClN2O4S. The van der Waals surface area contributed by atoms with E-state index in [1.165, 1.54) is 11.8 Å². The van der Waals surface area contributed by atoms with Crippen molar-refractivity contribution in [2.45, 2.75) is 18.2 Å². The Bertz CT molecular complexity index is 808. The molecule has 0 aliphatic heterocycles. The molecule has 2 rings (SSSR count). The molecule has 0 aromatic heterocycles.